The summed E-state index contributed by atoms with van der Waals surface area (Å²) in [5.41, 5.74) is 7.83. The van der Waals surface area contributed by atoms with Crippen LogP contribution in [0.5, 0.6) is 0 Å². The first-order valence-electron chi connectivity index (χ1n) is 9.87. The molecule has 2 aliphatic rings. The molecule has 2 amide bonds. The lowest BCUT2D eigenvalue weighted by atomic mass is 10.1. The molecule has 2 aromatic carbocycles. The predicted molar refractivity (Wildman–Crippen MR) is 113 cm³/mol. The summed E-state index contributed by atoms with van der Waals surface area (Å²) in [7, 11) is -3.51. The number of carbonyl (C=O) groups is 2. The van der Waals surface area contributed by atoms with Crippen LogP contribution in [0.1, 0.15) is 24.8 Å². The Kier molecular flexibility index (Phi) is 5.48. The van der Waals surface area contributed by atoms with Gasteiger partial charge in [0.1, 0.15) is 0 Å². The minimum Gasteiger partial charge on any atom is -0.312 e. The third-order valence-corrected chi connectivity index (χ3v) is 6.77. The quantitative estimate of drug-likeness (QED) is 0.584. The van der Waals surface area contributed by atoms with Gasteiger partial charge in [0, 0.05) is 24.7 Å². The first-order valence-corrected chi connectivity index (χ1v) is 11.4. The summed E-state index contributed by atoms with van der Waals surface area (Å²) >= 11 is 0. The largest absolute Gasteiger partial charge is 0.312 e. The minimum atomic E-state index is -3.51. The molecular weight excluding hydrogens is 404 g/mol. The van der Waals surface area contributed by atoms with Gasteiger partial charge in [-0.15, -0.1) is 0 Å². The molecule has 1 saturated carbocycles. The number of aryl methyl sites for hydroxylation is 1. The first kappa shape index (κ1) is 20.4. The van der Waals surface area contributed by atoms with Gasteiger partial charge in [-0.3, -0.25) is 20.4 Å². The maximum absolute atomic E-state index is 12.5. The lowest BCUT2D eigenvalue weighted by Gasteiger charge is -2.17. The number of hydrazine groups is 1. The van der Waals surface area contributed by atoms with Crippen LogP contribution in [0.2, 0.25) is 0 Å². The molecule has 0 radical (unpaired) electrons. The first-order chi connectivity index (χ1) is 14.3. The van der Waals surface area contributed by atoms with Crippen molar-refractivity contribution >= 4 is 33.2 Å². The molecule has 0 unspecified atom stereocenters. The highest BCUT2D eigenvalue weighted by atomic mass is 32.2. The van der Waals surface area contributed by atoms with E-state index in [0.717, 1.165) is 24.1 Å². The van der Waals surface area contributed by atoms with Gasteiger partial charge in [-0.05, 0) is 56.2 Å². The SMILES string of the molecule is Cc1ccc(N2C[C@@H](C(=O)NNc3ccc(S(=O)(=O)NC4CC4)cc3)CC2=O)cc1. The highest BCUT2D eigenvalue weighted by Crippen LogP contribution is 2.26. The Labute approximate surface area is 175 Å². The number of nitrogens with one attached hydrogen (secondary N) is 3. The number of benzene rings is 2. The third kappa shape index (κ3) is 4.63. The van der Waals surface area contributed by atoms with Crippen LogP contribution in [-0.2, 0) is 19.6 Å². The summed E-state index contributed by atoms with van der Waals surface area (Å²) in [5.74, 6) is -0.838. The molecule has 1 aliphatic heterocycles. The van der Waals surface area contributed by atoms with Crippen molar-refractivity contribution in [2.45, 2.75) is 37.1 Å². The van der Waals surface area contributed by atoms with Crippen molar-refractivity contribution < 1.29 is 18.0 Å². The van der Waals surface area contributed by atoms with Crippen molar-refractivity contribution in [1.82, 2.24) is 10.1 Å². The van der Waals surface area contributed by atoms with E-state index in [1.165, 1.54) is 12.1 Å². The maximum Gasteiger partial charge on any atom is 0.243 e. The molecule has 0 aromatic heterocycles. The maximum atomic E-state index is 12.5. The van der Waals surface area contributed by atoms with Crippen molar-refractivity contribution in [3.63, 3.8) is 0 Å². The second-order valence-electron chi connectivity index (χ2n) is 7.78. The number of carbonyl (C=O) groups excluding carboxylic acids is 2. The molecule has 1 heterocycles. The summed E-state index contributed by atoms with van der Waals surface area (Å²) in [6, 6.07) is 13.8. The average Bonchev–Trinajstić information content (AvgIpc) is 3.44. The smallest absolute Gasteiger partial charge is 0.243 e. The fourth-order valence-corrected chi connectivity index (χ4v) is 4.60. The Hall–Kier alpha value is -2.91. The predicted octanol–water partition coefficient (Wildman–Crippen LogP) is 1.93. The van der Waals surface area contributed by atoms with E-state index in [4.69, 9.17) is 0 Å². The van der Waals surface area contributed by atoms with Gasteiger partial charge in [0.15, 0.2) is 0 Å². The van der Waals surface area contributed by atoms with Crippen molar-refractivity contribution in [3.8, 4) is 0 Å². The number of hydrogen-bond donors (Lipinski definition) is 3. The van der Waals surface area contributed by atoms with Gasteiger partial charge in [0.05, 0.1) is 16.5 Å². The van der Waals surface area contributed by atoms with E-state index in [1.54, 1.807) is 17.0 Å². The lowest BCUT2D eigenvalue weighted by Crippen LogP contribution is -2.36. The van der Waals surface area contributed by atoms with Crippen LogP contribution in [0.25, 0.3) is 0 Å². The van der Waals surface area contributed by atoms with E-state index in [-0.39, 0.29) is 29.2 Å². The number of sulfonamides is 1. The normalized spacial score (nSPS) is 19.0. The average molecular weight is 429 g/mol. The fraction of sp³-hybridized carbons (Fsp3) is 0.333. The summed E-state index contributed by atoms with van der Waals surface area (Å²) in [6.45, 7) is 2.29. The molecule has 30 heavy (non-hydrogen) atoms. The molecule has 0 spiro atoms. The second-order valence-corrected chi connectivity index (χ2v) is 9.49. The molecule has 0 bridgehead atoms. The zero-order valence-corrected chi connectivity index (χ0v) is 17.4. The number of amides is 2. The second kappa shape index (κ2) is 8.08. The monoisotopic (exact) mass is 428 g/mol. The van der Waals surface area contributed by atoms with E-state index in [0.29, 0.717) is 12.2 Å². The van der Waals surface area contributed by atoms with Gasteiger partial charge >= 0.3 is 0 Å². The van der Waals surface area contributed by atoms with Crippen LogP contribution < -0.4 is 20.5 Å². The Morgan fingerprint density at radius 2 is 1.70 bits per heavy atom. The van der Waals surface area contributed by atoms with Gasteiger partial charge in [-0.25, -0.2) is 13.1 Å². The van der Waals surface area contributed by atoms with Gasteiger partial charge in [-0.1, -0.05) is 17.7 Å². The molecule has 1 saturated heterocycles. The zero-order chi connectivity index (χ0) is 21.3. The Morgan fingerprint density at radius 1 is 1.03 bits per heavy atom. The van der Waals surface area contributed by atoms with Crippen molar-refractivity contribution in [2.75, 3.05) is 16.9 Å². The van der Waals surface area contributed by atoms with Crippen LogP contribution >= 0.6 is 0 Å². The van der Waals surface area contributed by atoms with Gasteiger partial charge in [-0.2, -0.15) is 0 Å². The van der Waals surface area contributed by atoms with Crippen molar-refractivity contribution in [1.29, 1.82) is 0 Å². The van der Waals surface area contributed by atoms with Gasteiger partial charge in [0.25, 0.3) is 0 Å². The molecule has 1 atom stereocenters. The Balaban J connectivity index is 1.32. The molecule has 8 nitrogen and oxygen atoms in total. The molecule has 3 N–H and O–H groups in total. The zero-order valence-electron chi connectivity index (χ0n) is 16.6. The summed E-state index contributed by atoms with van der Waals surface area (Å²) in [5, 5.41) is 0. The van der Waals surface area contributed by atoms with E-state index in [1.807, 2.05) is 31.2 Å². The minimum absolute atomic E-state index is 0.0423. The summed E-state index contributed by atoms with van der Waals surface area (Å²) in [6.07, 6.45) is 1.89. The third-order valence-electron chi connectivity index (χ3n) is 5.24. The van der Waals surface area contributed by atoms with E-state index >= 15 is 0 Å². The fourth-order valence-electron chi connectivity index (χ4n) is 3.30. The Morgan fingerprint density at radius 3 is 2.33 bits per heavy atom. The van der Waals surface area contributed by atoms with E-state index < -0.39 is 15.9 Å². The molecule has 9 heteroatoms. The van der Waals surface area contributed by atoms with Crippen molar-refractivity contribution in [3.05, 3.63) is 54.1 Å². The Bertz CT molecular complexity index is 1050. The number of nitrogens with zero attached hydrogens (tertiary/aromatic N) is 1. The van der Waals surface area contributed by atoms with Crippen LogP contribution in [0.4, 0.5) is 11.4 Å². The molecule has 2 fully saturated rings. The lowest BCUT2D eigenvalue weighted by molar-refractivity contribution is -0.125. The standard InChI is InChI=1S/C21H24N4O4S/c1-14-2-8-18(9-3-14)25-13-15(12-20(25)26)21(27)23-22-16-6-10-19(11-7-16)30(28,29)24-17-4-5-17/h2-3,6-11,15,17,22,24H,4-5,12-13H2,1H3,(H,23,27)/t15-/m0/s1. The van der Waals surface area contributed by atoms with E-state index in [9.17, 15) is 18.0 Å². The van der Waals surface area contributed by atoms with Crippen molar-refractivity contribution in [2.24, 2.45) is 5.92 Å². The number of hydrogen-bond acceptors (Lipinski definition) is 5. The highest BCUT2D eigenvalue weighted by Gasteiger charge is 2.35. The number of rotatable bonds is 7. The van der Waals surface area contributed by atoms with E-state index in [2.05, 4.69) is 15.6 Å². The summed E-state index contributed by atoms with van der Waals surface area (Å²) in [4.78, 5) is 26.6. The molecule has 2 aromatic rings. The molecular formula is C21H24N4O4S. The van der Waals surface area contributed by atoms with Gasteiger partial charge in [0.2, 0.25) is 21.8 Å². The summed E-state index contributed by atoms with van der Waals surface area (Å²) < 4.78 is 27.0. The van der Waals surface area contributed by atoms with Crippen LogP contribution in [0.15, 0.2) is 53.4 Å². The topological polar surface area (TPSA) is 108 Å². The molecule has 158 valence electrons. The van der Waals surface area contributed by atoms with Crippen LogP contribution in [0.3, 0.4) is 0 Å². The highest BCUT2D eigenvalue weighted by molar-refractivity contribution is 7.89. The molecule has 4 rings (SSSR count). The number of anilines is 2. The molecule has 1 aliphatic carbocycles. The van der Waals surface area contributed by atoms with Crippen LogP contribution in [0, 0.1) is 12.8 Å². The van der Waals surface area contributed by atoms with Crippen LogP contribution in [-0.4, -0.2) is 32.8 Å². The van der Waals surface area contributed by atoms with Gasteiger partial charge < -0.3 is 4.90 Å².